The minimum atomic E-state index is -0.0337. The Bertz CT molecular complexity index is 413. The fraction of sp³-hybridized carbons (Fsp3) is 0.200. The van der Waals surface area contributed by atoms with Crippen LogP contribution in [0.1, 0.15) is 12.0 Å². The molecule has 5 heteroatoms. The summed E-state index contributed by atoms with van der Waals surface area (Å²) in [4.78, 5) is 11.1. The van der Waals surface area contributed by atoms with Gasteiger partial charge in [0.05, 0.1) is 9.64 Å². The fourth-order valence-electron chi connectivity index (χ4n) is 1.40. The molecule has 0 saturated heterocycles. The van der Waals surface area contributed by atoms with Crippen LogP contribution in [0, 0.1) is 0 Å². The zero-order chi connectivity index (χ0) is 10.8. The van der Waals surface area contributed by atoms with E-state index in [2.05, 4.69) is 33.1 Å². The molecule has 78 valence electrons. The quantitative estimate of drug-likeness (QED) is 0.466. The maximum atomic E-state index is 11.1. The minimum absolute atomic E-state index is 0.0337. The first kappa shape index (κ1) is 10.4. The van der Waals surface area contributed by atoms with E-state index in [9.17, 15) is 4.79 Å². The lowest BCUT2D eigenvalue weighted by molar-refractivity contribution is -0.121. The van der Waals surface area contributed by atoms with Crippen LogP contribution in [0.5, 0.6) is 0 Å². The summed E-state index contributed by atoms with van der Waals surface area (Å²) in [5.74, 6) is -0.0337. The van der Waals surface area contributed by atoms with Gasteiger partial charge < -0.3 is 5.73 Å². The number of alkyl halides is 1. The standard InChI is InChI=1S/C10H10IN3O/c11-8-5-9(15)13-14-10(8)6-1-3-7(12)4-2-6/h1-4,8H,5,12H2,(H,13,15). The molecule has 0 aromatic heterocycles. The number of amides is 1. The summed E-state index contributed by atoms with van der Waals surface area (Å²) < 4.78 is 0.125. The average molecular weight is 315 g/mol. The smallest absolute Gasteiger partial charge is 0.241 e. The molecule has 1 unspecified atom stereocenters. The highest BCUT2D eigenvalue weighted by atomic mass is 127. The van der Waals surface area contributed by atoms with Crippen molar-refractivity contribution in [3.8, 4) is 0 Å². The van der Waals surface area contributed by atoms with Gasteiger partial charge in [-0.15, -0.1) is 0 Å². The Kier molecular flexibility index (Phi) is 2.90. The molecule has 0 radical (unpaired) electrons. The maximum Gasteiger partial charge on any atom is 0.241 e. The van der Waals surface area contributed by atoms with Crippen molar-refractivity contribution in [2.45, 2.75) is 10.3 Å². The summed E-state index contributed by atoms with van der Waals surface area (Å²) in [5.41, 5.74) is 10.7. The number of anilines is 1. The van der Waals surface area contributed by atoms with Gasteiger partial charge in [-0.3, -0.25) is 4.79 Å². The Hall–Kier alpha value is -1.11. The maximum absolute atomic E-state index is 11.1. The Morgan fingerprint density at radius 1 is 1.40 bits per heavy atom. The molecule has 1 heterocycles. The molecule has 3 N–H and O–H groups in total. The number of nitrogens with two attached hydrogens (primary N) is 1. The number of nitrogen functional groups attached to an aromatic ring is 1. The van der Waals surface area contributed by atoms with E-state index in [0.29, 0.717) is 6.42 Å². The summed E-state index contributed by atoms with van der Waals surface area (Å²) >= 11 is 2.22. The van der Waals surface area contributed by atoms with Crippen molar-refractivity contribution in [2.24, 2.45) is 5.10 Å². The minimum Gasteiger partial charge on any atom is -0.399 e. The van der Waals surface area contributed by atoms with Crippen molar-refractivity contribution < 1.29 is 4.79 Å². The van der Waals surface area contributed by atoms with E-state index < -0.39 is 0 Å². The van der Waals surface area contributed by atoms with E-state index in [1.54, 1.807) is 0 Å². The predicted molar refractivity (Wildman–Crippen MR) is 68.0 cm³/mol. The summed E-state index contributed by atoms with van der Waals surface area (Å²) in [5, 5.41) is 4.06. The summed E-state index contributed by atoms with van der Waals surface area (Å²) in [6, 6.07) is 7.49. The molecule has 1 aliphatic heterocycles. The lowest BCUT2D eigenvalue weighted by atomic mass is 10.0. The second kappa shape index (κ2) is 4.18. The largest absolute Gasteiger partial charge is 0.399 e. The highest BCUT2D eigenvalue weighted by Gasteiger charge is 2.22. The molecule has 15 heavy (non-hydrogen) atoms. The van der Waals surface area contributed by atoms with Crippen molar-refractivity contribution in [3.05, 3.63) is 29.8 Å². The van der Waals surface area contributed by atoms with Crippen LogP contribution < -0.4 is 11.2 Å². The molecule has 0 saturated carbocycles. The monoisotopic (exact) mass is 315 g/mol. The van der Waals surface area contributed by atoms with E-state index in [1.807, 2.05) is 24.3 Å². The number of hydrazone groups is 1. The Labute approximate surface area is 101 Å². The molecule has 1 aromatic carbocycles. The van der Waals surface area contributed by atoms with Gasteiger partial charge >= 0.3 is 0 Å². The summed E-state index contributed by atoms with van der Waals surface area (Å²) in [7, 11) is 0. The van der Waals surface area contributed by atoms with Crippen LogP contribution in [0.2, 0.25) is 0 Å². The van der Waals surface area contributed by atoms with Crippen molar-refractivity contribution >= 4 is 39.9 Å². The average Bonchev–Trinajstić information content (AvgIpc) is 2.20. The molecule has 0 aliphatic carbocycles. The van der Waals surface area contributed by atoms with Crippen LogP contribution in [0.25, 0.3) is 0 Å². The van der Waals surface area contributed by atoms with Gasteiger partial charge in [0, 0.05) is 12.1 Å². The molecule has 1 aromatic rings. The lowest BCUT2D eigenvalue weighted by Gasteiger charge is -2.17. The third-order valence-electron chi connectivity index (χ3n) is 2.17. The SMILES string of the molecule is Nc1ccc(C2=NNC(=O)CC2I)cc1. The number of benzene rings is 1. The van der Waals surface area contributed by atoms with E-state index in [-0.39, 0.29) is 9.83 Å². The van der Waals surface area contributed by atoms with Crippen molar-refractivity contribution in [3.63, 3.8) is 0 Å². The molecule has 0 bridgehead atoms. The van der Waals surface area contributed by atoms with E-state index in [4.69, 9.17) is 5.73 Å². The summed E-state index contributed by atoms with van der Waals surface area (Å²) in [6.45, 7) is 0. The van der Waals surface area contributed by atoms with Crippen molar-refractivity contribution in [1.82, 2.24) is 5.43 Å². The van der Waals surface area contributed by atoms with Crippen LogP contribution >= 0.6 is 22.6 Å². The van der Waals surface area contributed by atoms with Gasteiger partial charge in [0.1, 0.15) is 0 Å². The number of hydrogen-bond acceptors (Lipinski definition) is 3. The van der Waals surface area contributed by atoms with Gasteiger partial charge in [-0.1, -0.05) is 34.7 Å². The zero-order valence-electron chi connectivity index (χ0n) is 7.90. The lowest BCUT2D eigenvalue weighted by Crippen LogP contribution is -2.33. The number of carbonyl (C=O) groups is 1. The molecular formula is C10H10IN3O. The number of hydrogen-bond donors (Lipinski definition) is 2. The first-order valence-electron chi connectivity index (χ1n) is 4.53. The van der Waals surface area contributed by atoms with Gasteiger partial charge in [0.25, 0.3) is 0 Å². The molecular weight excluding hydrogens is 305 g/mol. The highest BCUT2D eigenvalue weighted by molar-refractivity contribution is 14.1. The van der Waals surface area contributed by atoms with E-state index in [1.165, 1.54) is 0 Å². The Morgan fingerprint density at radius 3 is 2.67 bits per heavy atom. The van der Waals surface area contributed by atoms with E-state index in [0.717, 1.165) is 17.0 Å². The normalized spacial score (nSPS) is 20.7. The van der Waals surface area contributed by atoms with Crippen LogP contribution in [-0.2, 0) is 4.79 Å². The van der Waals surface area contributed by atoms with Gasteiger partial charge in [-0.05, 0) is 17.7 Å². The van der Waals surface area contributed by atoms with Crippen LogP contribution in [0.15, 0.2) is 29.4 Å². The fourth-order valence-corrected chi connectivity index (χ4v) is 2.30. The second-order valence-electron chi connectivity index (χ2n) is 3.33. The van der Waals surface area contributed by atoms with Gasteiger partial charge in [0.15, 0.2) is 0 Å². The van der Waals surface area contributed by atoms with E-state index >= 15 is 0 Å². The number of nitrogens with zero attached hydrogens (tertiary/aromatic N) is 1. The Balaban J connectivity index is 2.31. The molecule has 1 amide bonds. The van der Waals surface area contributed by atoms with Gasteiger partial charge in [-0.25, -0.2) is 5.43 Å². The third-order valence-corrected chi connectivity index (χ3v) is 3.20. The molecule has 2 rings (SSSR count). The molecule has 1 aliphatic rings. The van der Waals surface area contributed by atoms with Crippen LogP contribution in [0.4, 0.5) is 5.69 Å². The van der Waals surface area contributed by atoms with Gasteiger partial charge in [0.2, 0.25) is 5.91 Å². The molecule has 4 nitrogen and oxygen atoms in total. The number of halogens is 1. The Morgan fingerprint density at radius 2 is 2.07 bits per heavy atom. The third kappa shape index (κ3) is 2.28. The van der Waals surface area contributed by atoms with Gasteiger partial charge in [-0.2, -0.15) is 5.10 Å². The van der Waals surface area contributed by atoms with Crippen LogP contribution in [-0.4, -0.2) is 15.5 Å². The second-order valence-corrected chi connectivity index (χ2v) is 4.83. The molecule has 0 spiro atoms. The van der Waals surface area contributed by atoms with Crippen molar-refractivity contribution in [1.29, 1.82) is 0 Å². The predicted octanol–water partition coefficient (Wildman–Crippen LogP) is 1.30. The zero-order valence-corrected chi connectivity index (χ0v) is 10.1. The molecule has 0 fully saturated rings. The number of rotatable bonds is 1. The van der Waals surface area contributed by atoms with Crippen LogP contribution in [0.3, 0.4) is 0 Å². The topological polar surface area (TPSA) is 67.5 Å². The first-order chi connectivity index (χ1) is 7.16. The first-order valence-corrected chi connectivity index (χ1v) is 5.78. The number of nitrogens with one attached hydrogen (secondary N) is 1. The number of carbonyl (C=O) groups excluding carboxylic acids is 1. The molecule has 1 atom stereocenters. The highest BCUT2D eigenvalue weighted by Crippen LogP contribution is 2.18. The van der Waals surface area contributed by atoms with Crippen molar-refractivity contribution in [2.75, 3.05) is 5.73 Å². The summed E-state index contributed by atoms with van der Waals surface area (Å²) in [6.07, 6.45) is 0.476.